The van der Waals surface area contributed by atoms with Crippen molar-refractivity contribution in [3.05, 3.63) is 47.7 Å². The number of hydrogen-bond acceptors (Lipinski definition) is 3. The van der Waals surface area contributed by atoms with Gasteiger partial charge in [0.15, 0.2) is 5.11 Å². The van der Waals surface area contributed by atoms with Crippen molar-refractivity contribution >= 4 is 40.3 Å². The summed E-state index contributed by atoms with van der Waals surface area (Å²) in [6, 6.07) is 7.87. The summed E-state index contributed by atoms with van der Waals surface area (Å²) in [6.07, 6.45) is 3.25. The van der Waals surface area contributed by atoms with E-state index < -0.39 is 6.61 Å². The fourth-order valence-corrected chi connectivity index (χ4v) is 1.96. The predicted octanol–water partition coefficient (Wildman–Crippen LogP) is 4.15. The number of hydrogen-bond donors (Lipinski definition) is 2. The van der Waals surface area contributed by atoms with Crippen LogP contribution in [0.4, 0.5) is 20.2 Å². The molecule has 1 aromatic carbocycles. The van der Waals surface area contributed by atoms with E-state index in [4.69, 9.17) is 23.8 Å². The van der Waals surface area contributed by atoms with E-state index in [1.54, 1.807) is 24.5 Å². The van der Waals surface area contributed by atoms with Gasteiger partial charge in [-0.25, -0.2) is 0 Å². The Hall–Kier alpha value is -1.99. The van der Waals surface area contributed by atoms with Crippen LogP contribution in [0.25, 0.3) is 0 Å². The zero-order valence-electron chi connectivity index (χ0n) is 10.5. The van der Waals surface area contributed by atoms with Gasteiger partial charge in [0, 0.05) is 11.9 Å². The molecule has 2 N–H and O–H groups in total. The second-order valence-corrected chi connectivity index (χ2v) is 4.66. The number of pyridine rings is 1. The number of ether oxygens (including phenoxy) is 1. The molecule has 0 saturated heterocycles. The molecule has 0 radical (unpaired) electrons. The molecular formula is C13H10ClF2N3OS. The van der Waals surface area contributed by atoms with Crippen LogP contribution in [0.2, 0.25) is 5.02 Å². The lowest BCUT2D eigenvalue weighted by atomic mass is 10.3. The van der Waals surface area contributed by atoms with Crippen molar-refractivity contribution in [2.75, 3.05) is 10.6 Å². The summed E-state index contributed by atoms with van der Waals surface area (Å²) in [6.45, 7) is -2.92. The molecule has 0 aliphatic heterocycles. The topological polar surface area (TPSA) is 46.2 Å². The molecule has 0 aliphatic rings. The highest BCUT2D eigenvalue weighted by atomic mass is 35.5. The van der Waals surface area contributed by atoms with Crippen LogP contribution in [0.15, 0.2) is 42.7 Å². The second-order valence-electron chi connectivity index (χ2n) is 3.84. The smallest absolute Gasteiger partial charge is 0.387 e. The number of benzene rings is 1. The van der Waals surface area contributed by atoms with Gasteiger partial charge in [0.25, 0.3) is 0 Å². The van der Waals surface area contributed by atoms with E-state index in [9.17, 15) is 8.78 Å². The molecule has 0 spiro atoms. The number of alkyl halides is 2. The minimum atomic E-state index is -2.92. The van der Waals surface area contributed by atoms with Crippen molar-refractivity contribution in [1.82, 2.24) is 4.98 Å². The predicted molar refractivity (Wildman–Crippen MR) is 82.2 cm³/mol. The molecule has 2 rings (SSSR count). The maximum absolute atomic E-state index is 12.1. The fraction of sp³-hybridized carbons (Fsp3) is 0.0769. The molecule has 4 nitrogen and oxygen atoms in total. The Kier molecular flexibility index (Phi) is 5.24. The standard InChI is InChI=1S/C13H10ClF2N3OS/c14-10-6-8(3-4-11(10)20-12(15)16)18-13(21)19-9-2-1-5-17-7-9/h1-7,12H,(H2,18,19,21). The Morgan fingerprint density at radius 3 is 2.62 bits per heavy atom. The number of nitrogens with one attached hydrogen (secondary N) is 2. The van der Waals surface area contributed by atoms with Gasteiger partial charge in [0.05, 0.1) is 16.9 Å². The van der Waals surface area contributed by atoms with Crippen LogP contribution in [-0.2, 0) is 0 Å². The van der Waals surface area contributed by atoms with Gasteiger partial charge in [-0.05, 0) is 42.5 Å². The summed E-state index contributed by atoms with van der Waals surface area (Å²) >= 11 is 11.0. The molecule has 0 bridgehead atoms. The summed E-state index contributed by atoms with van der Waals surface area (Å²) in [5.74, 6) is -0.0941. The third kappa shape index (κ3) is 4.80. The lowest BCUT2D eigenvalue weighted by Crippen LogP contribution is -2.19. The van der Waals surface area contributed by atoms with Crippen molar-refractivity contribution < 1.29 is 13.5 Å². The van der Waals surface area contributed by atoms with Gasteiger partial charge in [-0.2, -0.15) is 8.78 Å². The number of nitrogens with zero attached hydrogens (tertiary/aromatic N) is 1. The zero-order valence-corrected chi connectivity index (χ0v) is 12.1. The van der Waals surface area contributed by atoms with Gasteiger partial charge < -0.3 is 15.4 Å². The first kappa shape index (κ1) is 15.4. The van der Waals surface area contributed by atoms with Crippen molar-refractivity contribution in [3.63, 3.8) is 0 Å². The summed E-state index contributed by atoms with van der Waals surface area (Å²) in [7, 11) is 0. The van der Waals surface area contributed by atoms with Crippen molar-refractivity contribution in [1.29, 1.82) is 0 Å². The quantitative estimate of drug-likeness (QED) is 0.825. The highest BCUT2D eigenvalue weighted by molar-refractivity contribution is 7.80. The Morgan fingerprint density at radius 1 is 1.24 bits per heavy atom. The molecule has 0 aliphatic carbocycles. The lowest BCUT2D eigenvalue weighted by molar-refractivity contribution is -0.0497. The maximum atomic E-state index is 12.1. The lowest BCUT2D eigenvalue weighted by Gasteiger charge is -2.12. The van der Waals surface area contributed by atoms with E-state index in [0.29, 0.717) is 10.8 Å². The average molecular weight is 330 g/mol. The number of rotatable bonds is 4. The van der Waals surface area contributed by atoms with Crippen LogP contribution >= 0.6 is 23.8 Å². The summed E-state index contributed by atoms with van der Waals surface area (Å²) in [5, 5.41) is 6.18. The van der Waals surface area contributed by atoms with Crippen molar-refractivity contribution in [2.24, 2.45) is 0 Å². The molecule has 21 heavy (non-hydrogen) atoms. The molecule has 0 saturated carbocycles. The number of anilines is 2. The van der Waals surface area contributed by atoms with Crippen LogP contribution in [0, 0.1) is 0 Å². The summed E-state index contributed by atoms with van der Waals surface area (Å²) in [4.78, 5) is 3.94. The number of aromatic nitrogens is 1. The highest BCUT2D eigenvalue weighted by Crippen LogP contribution is 2.28. The molecule has 0 fully saturated rings. The van der Waals surface area contributed by atoms with Crippen molar-refractivity contribution in [2.45, 2.75) is 6.61 Å². The minimum absolute atomic E-state index is 0.0597. The molecule has 0 atom stereocenters. The van der Waals surface area contributed by atoms with E-state index in [1.165, 1.54) is 18.2 Å². The average Bonchev–Trinajstić information content (AvgIpc) is 2.42. The van der Waals surface area contributed by atoms with Crippen LogP contribution in [0.5, 0.6) is 5.75 Å². The van der Waals surface area contributed by atoms with E-state index >= 15 is 0 Å². The first-order valence-corrected chi connectivity index (χ1v) is 6.55. The first-order chi connectivity index (χ1) is 10.0. The van der Waals surface area contributed by atoms with Gasteiger partial charge in [0.2, 0.25) is 0 Å². The van der Waals surface area contributed by atoms with E-state index in [1.807, 2.05) is 0 Å². The molecule has 110 valence electrons. The van der Waals surface area contributed by atoms with E-state index in [0.717, 1.165) is 5.69 Å². The molecule has 8 heteroatoms. The number of halogens is 3. The minimum Gasteiger partial charge on any atom is -0.433 e. The molecule has 0 unspecified atom stereocenters. The third-order valence-corrected chi connectivity index (χ3v) is 2.82. The summed E-state index contributed by atoms with van der Waals surface area (Å²) in [5.41, 5.74) is 1.27. The van der Waals surface area contributed by atoms with Crippen molar-refractivity contribution in [3.8, 4) is 5.75 Å². The monoisotopic (exact) mass is 329 g/mol. The Balaban J connectivity index is 1.99. The zero-order chi connectivity index (χ0) is 15.2. The van der Waals surface area contributed by atoms with Gasteiger partial charge in [-0.1, -0.05) is 11.6 Å². The van der Waals surface area contributed by atoms with Gasteiger partial charge >= 0.3 is 6.61 Å². The number of thiocarbonyl (C=S) groups is 1. The SMILES string of the molecule is FC(F)Oc1ccc(NC(=S)Nc2cccnc2)cc1Cl. The molecule has 0 amide bonds. The second kappa shape index (κ2) is 7.14. The molecule has 2 aromatic rings. The Bertz CT molecular complexity index is 628. The van der Waals surface area contributed by atoms with Gasteiger partial charge in [-0.15, -0.1) is 0 Å². The molecule has 1 heterocycles. The third-order valence-electron chi connectivity index (χ3n) is 2.33. The Morgan fingerprint density at radius 2 is 2.00 bits per heavy atom. The molecular weight excluding hydrogens is 320 g/mol. The molecule has 1 aromatic heterocycles. The van der Waals surface area contributed by atoms with Gasteiger partial charge in [0.1, 0.15) is 5.75 Å². The van der Waals surface area contributed by atoms with Crippen LogP contribution in [-0.4, -0.2) is 16.7 Å². The maximum Gasteiger partial charge on any atom is 0.387 e. The first-order valence-electron chi connectivity index (χ1n) is 5.77. The summed E-state index contributed by atoms with van der Waals surface area (Å²) < 4.78 is 28.5. The van der Waals surface area contributed by atoms with Crippen LogP contribution in [0.3, 0.4) is 0 Å². The normalized spacial score (nSPS) is 10.3. The van der Waals surface area contributed by atoms with E-state index in [-0.39, 0.29) is 10.8 Å². The fourth-order valence-electron chi connectivity index (χ4n) is 1.50. The van der Waals surface area contributed by atoms with Gasteiger partial charge in [-0.3, -0.25) is 4.98 Å². The van der Waals surface area contributed by atoms with Crippen LogP contribution in [0.1, 0.15) is 0 Å². The Labute approximate surface area is 130 Å². The largest absolute Gasteiger partial charge is 0.433 e. The highest BCUT2D eigenvalue weighted by Gasteiger charge is 2.09. The van der Waals surface area contributed by atoms with Crippen LogP contribution < -0.4 is 15.4 Å². The van der Waals surface area contributed by atoms with E-state index in [2.05, 4.69) is 20.4 Å².